The molecule has 0 radical (unpaired) electrons. The Hall–Kier alpha value is -1.60. The van der Waals surface area contributed by atoms with Crippen LogP contribution in [0, 0.1) is 5.41 Å². The molecule has 0 saturated heterocycles. The fourth-order valence-corrected chi connectivity index (χ4v) is 3.22. The molecule has 1 aromatic rings. The monoisotopic (exact) mass is 298 g/mol. The maximum Gasteiger partial charge on any atom is 0.311 e. The van der Waals surface area contributed by atoms with Gasteiger partial charge in [-0.2, -0.15) is 0 Å². The molecule has 0 heterocycles. The highest BCUT2D eigenvalue weighted by atomic mass is 32.2. The van der Waals surface area contributed by atoms with Gasteiger partial charge in [0.15, 0.2) is 0 Å². The molecule has 1 saturated carbocycles. The van der Waals surface area contributed by atoms with E-state index in [4.69, 9.17) is 5.11 Å². The Morgan fingerprint density at radius 3 is 2.55 bits per heavy atom. The Morgan fingerprint density at radius 1 is 1.35 bits per heavy atom. The van der Waals surface area contributed by atoms with E-state index in [9.17, 15) is 13.2 Å². The Kier molecular flexibility index (Phi) is 4.01. The molecule has 0 aromatic heterocycles. The van der Waals surface area contributed by atoms with E-state index in [0.717, 1.165) is 0 Å². The van der Waals surface area contributed by atoms with Crippen molar-refractivity contribution in [2.75, 3.05) is 18.4 Å². The summed E-state index contributed by atoms with van der Waals surface area (Å²) in [6.07, 6.45) is 1.24. The first-order valence-corrected chi connectivity index (χ1v) is 7.95. The summed E-state index contributed by atoms with van der Waals surface area (Å²) in [5.74, 6) is -0.836. The third-order valence-electron chi connectivity index (χ3n) is 3.44. The van der Waals surface area contributed by atoms with Gasteiger partial charge in [-0.05, 0) is 25.0 Å². The molecule has 1 aromatic carbocycles. The van der Waals surface area contributed by atoms with Gasteiger partial charge in [-0.25, -0.2) is 13.1 Å². The molecule has 1 aliphatic rings. The predicted molar refractivity (Wildman–Crippen MR) is 75.1 cm³/mol. The lowest BCUT2D eigenvalue weighted by Crippen LogP contribution is -2.27. The average molecular weight is 298 g/mol. The summed E-state index contributed by atoms with van der Waals surface area (Å²) in [4.78, 5) is 11.3. The van der Waals surface area contributed by atoms with Crippen molar-refractivity contribution in [2.24, 2.45) is 5.41 Å². The molecule has 0 amide bonds. The highest BCUT2D eigenvalue weighted by Gasteiger charge is 2.50. The molecule has 0 unspecified atom stereocenters. The highest BCUT2D eigenvalue weighted by molar-refractivity contribution is 7.89. The minimum absolute atomic E-state index is 0.142. The summed E-state index contributed by atoms with van der Waals surface area (Å²) in [6.45, 7) is 2.24. The molecule has 1 aliphatic carbocycles. The van der Waals surface area contributed by atoms with Crippen molar-refractivity contribution in [2.45, 2.75) is 24.7 Å². The van der Waals surface area contributed by atoms with Crippen LogP contribution in [0.2, 0.25) is 0 Å². The summed E-state index contributed by atoms with van der Waals surface area (Å²) in [6, 6.07) is 6.50. The molecule has 20 heavy (non-hydrogen) atoms. The second-order valence-electron chi connectivity index (χ2n) is 4.94. The number of benzene rings is 1. The van der Waals surface area contributed by atoms with Crippen molar-refractivity contribution < 1.29 is 18.3 Å². The number of anilines is 1. The first kappa shape index (κ1) is 14.8. The van der Waals surface area contributed by atoms with Crippen molar-refractivity contribution in [1.29, 1.82) is 0 Å². The van der Waals surface area contributed by atoms with Crippen LogP contribution in [-0.2, 0) is 14.8 Å². The van der Waals surface area contributed by atoms with E-state index >= 15 is 0 Å². The molecule has 2 rings (SSSR count). The summed E-state index contributed by atoms with van der Waals surface area (Å²) < 4.78 is 26.5. The molecular formula is C13H18N2O4S. The van der Waals surface area contributed by atoms with Crippen LogP contribution in [-0.4, -0.2) is 32.6 Å². The van der Waals surface area contributed by atoms with Gasteiger partial charge in [-0.15, -0.1) is 0 Å². The molecule has 1 fully saturated rings. The van der Waals surface area contributed by atoms with Crippen molar-refractivity contribution in [3.8, 4) is 0 Å². The number of hydrogen-bond donors (Lipinski definition) is 3. The quantitative estimate of drug-likeness (QED) is 0.704. The van der Waals surface area contributed by atoms with Gasteiger partial charge in [0.1, 0.15) is 4.90 Å². The lowest BCUT2D eigenvalue weighted by atomic mass is 10.1. The molecule has 110 valence electrons. The van der Waals surface area contributed by atoms with E-state index in [1.54, 1.807) is 25.1 Å². The molecular weight excluding hydrogens is 280 g/mol. The zero-order valence-corrected chi connectivity index (χ0v) is 12.0. The van der Waals surface area contributed by atoms with Gasteiger partial charge in [0.05, 0.1) is 11.1 Å². The number of aliphatic carboxylic acids is 1. The summed E-state index contributed by atoms with van der Waals surface area (Å²) >= 11 is 0. The minimum atomic E-state index is -3.57. The number of hydrogen-bond acceptors (Lipinski definition) is 4. The topological polar surface area (TPSA) is 95.5 Å². The molecule has 6 nitrogen and oxygen atoms in total. The average Bonchev–Trinajstić information content (AvgIpc) is 3.18. The second-order valence-corrected chi connectivity index (χ2v) is 6.67. The first-order chi connectivity index (χ1) is 9.41. The summed E-state index contributed by atoms with van der Waals surface area (Å²) in [7, 11) is -3.57. The third-order valence-corrected chi connectivity index (χ3v) is 5.04. The van der Waals surface area contributed by atoms with Crippen LogP contribution >= 0.6 is 0 Å². The van der Waals surface area contributed by atoms with Gasteiger partial charge in [-0.1, -0.05) is 19.1 Å². The highest BCUT2D eigenvalue weighted by Crippen LogP contribution is 2.46. The first-order valence-electron chi connectivity index (χ1n) is 6.47. The summed E-state index contributed by atoms with van der Waals surface area (Å²) in [5, 5.41) is 12.1. The normalized spacial score (nSPS) is 16.6. The maximum atomic E-state index is 12.1. The molecule has 0 aliphatic heterocycles. The largest absolute Gasteiger partial charge is 0.481 e. The van der Waals surface area contributed by atoms with E-state index in [1.807, 2.05) is 0 Å². The van der Waals surface area contributed by atoms with E-state index < -0.39 is 21.4 Å². The Morgan fingerprint density at radius 2 is 2.00 bits per heavy atom. The van der Waals surface area contributed by atoms with Crippen LogP contribution in [0.4, 0.5) is 5.69 Å². The number of rotatable bonds is 7. The van der Waals surface area contributed by atoms with Crippen LogP contribution in [0.1, 0.15) is 19.8 Å². The van der Waals surface area contributed by atoms with Crippen molar-refractivity contribution in [3.63, 3.8) is 0 Å². The smallest absolute Gasteiger partial charge is 0.311 e. The number of carboxylic acids is 1. The van der Waals surface area contributed by atoms with E-state index in [0.29, 0.717) is 25.1 Å². The zero-order chi connectivity index (χ0) is 14.8. The SMILES string of the molecule is CCNS(=O)(=O)c1ccccc1NCC1(C(=O)O)CC1. The Labute approximate surface area is 118 Å². The number of nitrogens with one attached hydrogen (secondary N) is 2. The van der Waals surface area contributed by atoms with E-state index in [2.05, 4.69) is 10.0 Å². The zero-order valence-electron chi connectivity index (χ0n) is 11.2. The molecule has 7 heteroatoms. The Bertz CT molecular complexity index is 609. The van der Waals surface area contributed by atoms with Gasteiger partial charge < -0.3 is 10.4 Å². The fraction of sp³-hybridized carbons (Fsp3) is 0.462. The number of carbonyl (C=O) groups is 1. The van der Waals surface area contributed by atoms with E-state index in [1.165, 1.54) is 6.07 Å². The van der Waals surface area contributed by atoms with Crippen LogP contribution < -0.4 is 10.0 Å². The number of carboxylic acid groups (broad SMARTS) is 1. The standard InChI is InChI=1S/C13H18N2O4S/c1-2-15-20(18,19)11-6-4-3-5-10(11)14-9-13(7-8-13)12(16)17/h3-6,14-15H,2,7-9H2,1H3,(H,16,17). The van der Waals surface area contributed by atoms with Gasteiger partial charge >= 0.3 is 5.97 Å². The van der Waals surface area contributed by atoms with Crippen molar-refractivity contribution in [1.82, 2.24) is 4.72 Å². The summed E-state index contributed by atoms with van der Waals surface area (Å²) in [5.41, 5.74) is -0.310. The van der Waals surface area contributed by atoms with Crippen molar-refractivity contribution in [3.05, 3.63) is 24.3 Å². The third kappa shape index (κ3) is 2.94. The molecule has 0 bridgehead atoms. The van der Waals surface area contributed by atoms with E-state index in [-0.39, 0.29) is 11.4 Å². The molecule has 3 N–H and O–H groups in total. The Balaban J connectivity index is 2.19. The van der Waals surface area contributed by atoms with Gasteiger partial charge in [0.25, 0.3) is 0 Å². The lowest BCUT2D eigenvalue weighted by Gasteiger charge is -2.15. The minimum Gasteiger partial charge on any atom is -0.481 e. The molecule has 0 spiro atoms. The van der Waals surface area contributed by atoms with Crippen LogP contribution in [0.3, 0.4) is 0 Å². The van der Waals surface area contributed by atoms with Crippen LogP contribution in [0.5, 0.6) is 0 Å². The van der Waals surface area contributed by atoms with Gasteiger partial charge in [-0.3, -0.25) is 4.79 Å². The lowest BCUT2D eigenvalue weighted by molar-refractivity contribution is -0.142. The van der Waals surface area contributed by atoms with Gasteiger partial charge in [0.2, 0.25) is 10.0 Å². The number of sulfonamides is 1. The van der Waals surface area contributed by atoms with Crippen LogP contribution in [0.25, 0.3) is 0 Å². The fourth-order valence-electron chi connectivity index (χ4n) is 2.00. The maximum absolute atomic E-state index is 12.1. The second kappa shape index (κ2) is 5.41. The predicted octanol–water partition coefficient (Wildman–Crippen LogP) is 1.26. The van der Waals surface area contributed by atoms with Gasteiger partial charge in [0, 0.05) is 13.1 Å². The van der Waals surface area contributed by atoms with Crippen LogP contribution in [0.15, 0.2) is 29.2 Å². The number of para-hydroxylation sites is 1. The van der Waals surface area contributed by atoms with Crippen molar-refractivity contribution >= 4 is 21.7 Å². The molecule has 0 atom stereocenters.